The Hall–Kier alpha value is -2.48. The summed E-state index contributed by atoms with van der Waals surface area (Å²) >= 11 is 5.04. The van der Waals surface area contributed by atoms with Crippen molar-refractivity contribution < 1.29 is 23.9 Å². The van der Waals surface area contributed by atoms with E-state index in [2.05, 4.69) is 10.6 Å². The minimum absolute atomic E-state index is 0.00266. The van der Waals surface area contributed by atoms with Crippen LogP contribution in [-0.4, -0.2) is 36.2 Å². The molecule has 0 unspecified atom stereocenters. The maximum atomic E-state index is 11.7. The van der Waals surface area contributed by atoms with Crippen molar-refractivity contribution in [3.05, 3.63) is 29.8 Å². The van der Waals surface area contributed by atoms with E-state index in [-0.39, 0.29) is 23.9 Å². The van der Waals surface area contributed by atoms with Crippen LogP contribution in [0.2, 0.25) is 0 Å². The maximum Gasteiger partial charge on any atom is 0.338 e. The average molecular weight is 366 g/mol. The van der Waals surface area contributed by atoms with Crippen LogP contribution in [-0.2, 0) is 19.1 Å². The zero-order valence-corrected chi connectivity index (χ0v) is 15.1. The molecule has 0 aliphatic carbocycles. The molecule has 0 saturated heterocycles. The molecule has 1 aromatic carbocycles. The van der Waals surface area contributed by atoms with Crippen LogP contribution >= 0.6 is 12.2 Å². The zero-order chi connectivity index (χ0) is 18.7. The third-order valence-electron chi connectivity index (χ3n) is 2.93. The van der Waals surface area contributed by atoms with Crippen LogP contribution < -0.4 is 10.6 Å². The summed E-state index contributed by atoms with van der Waals surface area (Å²) in [6.45, 7) is 4.28. The highest BCUT2D eigenvalue weighted by Crippen LogP contribution is 2.10. The first-order valence-electron chi connectivity index (χ1n) is 7.99. The van der Waals surface area contributed by atoms with Crippen LogP contribution in [0.25, 0.3) is 0 Å². The lowest BCUT2D eigenvalue weighted by Crippen LogP contribution is -2.34. The summed E-state index contributed by atoms with van der Waals surface area (Å²) in [5.41, 5.74) is 1.04. The number of carbonyl (C=O) groups is 3. The number of hydrogen-bond acceptors (Lipinski definition) is 6. The Kier molecular flexibility index (Phi) is 9.16. The zero-order valence-electron chi connectivity index (χ0n) is 14.3. The van der Waals surface area contributed by atoms with Crippen LogP contribution in [0.5, 0.6) is 0 Å². The van der Waals surface area contributed by atoms with E-state index >= 15 is 0 Å². The molecule has 8 heteroatoms. The molecule has 0 bridgehead atoms. The van der Waals surface area contributed by atoms with Gasteiger partial charge in [0.05, 0.1) is 25.2 Å². The third-order valence-corrected chi connectivity index (χ3v) is 3.13. The van der Waals surface area contributed by atoms with Gasteiger partial charge in [0, 0.05) is 12.1 Å². The Bertz CT molecular complexity index is 616. The minimum Gasteiger partial charge on any atom is -0.466 e. The highest BCUT2D eigenvalue weighted by Gasteiger charge is 2.10. The third kappa shape index (κ3) is 8.25. The molecule has 0 fully saturated rings. The van der Waals surface area contributed by atoms with Crippen molar-refractivity contribution in [3.63, 3.8) is 0 Å². The highest BCUT2D eigenvalue weighted by atomic mass is 32.1. The Balaban J connectivity index is 2.39. The molecule has 0 radical (unpaired) electrons. The molecule has 0 saturated carbocycles. The second-order valence-corrected chi connectivity index (χ2v) is 5.43. The van der Waals surface area contributed by atoms with Crippen LogP contribution in [0.3, 0.4) is 0 Å². The number of thiocarbonyl (C=S) groups is 1. The van der Waals surface area contributed by atoms with Gasteiger partial charge in [0.25, 0.3) is 0 Å². The van der Waals surface area contributed by atoms with Gasteiger partial charge < -0.3 is 20.1 Å². The summed E-state index contributed by atoms with van der Waals surface area (Å²) in [7, 11) is 0. The van der Waals surface area contributed by atoms with Crippen molar-refractivity contribution in [2.75, 3.05) is 18.5 Å². The van der Waals surface area contributed by atoms with Gasteiger partial charge in [-0.05, 0) is 49.8 Å². The van der Waals surface area contributed by atoms with Gasteiger partial charge in [0.2, 0.25) is 5.91 Å². The molecule has 0 aromatic heterocycles. The average Bonchev–Trinajstić information content (AvgIpc) is 2.58. The van der Waals surface area contributed by atoms with Crippen LogP contribution in [0.4, 0.5) is 5.69 Å². The van der Waals surface area contributed by atoms with Gasteiger partial charge in [-0.25, -0.2) is 4.79 Å². The van der Waals surface area contributed by atoms with Gasteiger partial charge in [-0.15, -0.1) is 0 Å². The van der Waals surface area contributed by atoms with E-state index in [1.165, 1.54) is 0 Å². The van der Waals surface area contributed by atoms with Crippen molar-refractivity contribution >= 4 is 40.9 Å². The number of amides is 1. The summed E-state index contributed by atoms with van der Waals surface area (Å²) < 4.78 is 9.78. The molecule has 0 aliphatic heterocycles. The molecule has 1 amide bonds. The molecule has 0 spiro atoms. The van der Waals surface area contributed by atoms with Gasteiger partial charge in [-0.3, -0.25) is 9.59 Å². The second-order valence-electron chi connectivity index (χ2n) is 5.02. The topological polar surface area (TPSA) is 93.7 Å². The van der Waals surface area contributed by atoms with E-state index in [9.17, 15) is 14.4 Å². The Morgan fingerprint density at radius 2 is 1.72 bits per heavy atom. The van der Waals surface area contributed by atoms with Crippen molar-refractivity contribution in [3.8, 4) is 0 Å². The number of carbonyl (C=O) groups excluding carboxylic acids is 3. The lowest BCUT2D eigenvalue weighted by atomic mass is 10.2. The van der Waals surface area contributed by atoms with Crippen molar-refractivity contribution in [2.45, 2.75) is 33.1 Å². The summed E-state index contributed by atoms with van der Waals surface area (Å²) in [6, 6.07) is 6.47. The Morgan fingerprint density at radius 3 is 2.32 bits per heavy atom. The van der Waals surface area contributed by atoms with E-state index in [4.69, 9.17) is 21.7 Å². The number of nitrogens with one attached hydrogen (secondary N) is 2. The molecule has 0 atom stereocenters. The minimum atomic E-state index is -0.412. The van der Waals surface area contributed by atoms with Crippen molar-refractivity contribution in [2.24, 2.45) is 0 Å². The monoisotopic (exact) mass is 366 g/mol. The molecule has 25 heavy (non-hydrogen) atoms. The lowest BCUT2D eigenvalue weighted by Gasteiger charge is -2.10. The SMILES string of the molecule is CCCOC(=O)CCC(=O)NC(=S)Nc1ccc(C(=O)OCC)cc1. The van der Waals surface area contributed by atoms with E-state index in [1.807, 2.05) is 6.92 Å². The van der Waals surface area contributed by atoms with Crippen LogP contribution in [0, 0.1) is 0 Å². The first kappa shape index (κ1) is 20.6. The summed E-state index contributed by atoms with van der Waals surface area (Å²) in [5.74, 6) is -1.19. The van der Waals surface area contributed by atoms with Gasteiger partial charge in [-0.1, -0.05) is 6.92 Å². The maximum absolute atomic E-state index is 11.7. The van der Waals surface area contributed by atoms with E-state index in [0.29, 0.717) is 24.5 Å². The number of anilines is 1. The summed E-state index contributed by atoms with van der Waals surface area (Å²) in [6.07, 6.45) is 0.732. The largest absolute Gasteiger partial charge is 0.466 e. The molecule has 0 heterocycles. The van der Waals surface area contributed by atoms with Gasteiger partial charge in [0.1, 0.15) is 0 Å². The number of ether oxygens (including phenoxy) is 2. The highest BCUT2D eigenvalue weighted by molar-refractivity contribution is 7.80. The number of benzene rings is 1. The van der Waals surface area contributed by atoms with E-state index in [0.717, 1.165) is 6.42 Å². The predicted molar refractivity (Wildman–Crippen MR) is 97.2 cm³/mol. The first-order valence-corrected chi connectivity index (χ1v) is 8.40. The van der Waals surface area contributed by atoms with E-state index in [1.54, 1.807) is 31.2 Å². The molecule has 7 nitrogen and oxygen atoms in total. The normalized spacial score (nSPS) is 9.84. The smallest absolute Gasteiger partial charge is 0.338 e. The van der Waals surface area contributed by atoms with Crippen LogP contribution in [0.15, 0.2) is 24.3 Å². The first-order chi connectivity index (χ1) is 12.0. The fraction of sp³-hybridized carbons (Fsp3) is 0.412. The quantitative estimate of drug-likeness (QED) is 0.539. The van der Waals surface area contributed by atoms with E-state index < -0.39 is 11.9 Å². The molecule has 136 valence electrons. The number of hydrogen-bond donors (Lipinski definition) is 2. The summed E-state index contributed by atoms with van der Waals surface area (Å²) in [4.78, 5) is 34.6. The molecule has 1 aromatic rings. The predicted octanol–water partition coefficient (Wildman–Crippen LogP) is 2.41. The molecule has 0 aliphatic rings. The number of esters is 2. The molecular weight excluding hydrogens is 344 g/mol. The number of rotatable bonds is 8. The Labute approximate surface area is 152 Å². The second kappa shape index (κ2) is 11.1. The summed E-state index contributed by atoms with van der Waals surface area (Å²) in [5, 5.41) is 5.41. The molecule has 1 rings (SSSR count). The molecular formula is C17H22N2O5S. The fourth-order valence-electron chi connectivity index (χ4n) is 1.76. The van der Waals surface area contributed by atoms with Crippen LogP contribution in [0.1, 0.15) is 43.5 Å². The van der Waals surface area contributed by atoms with Gasteiger partial charge >= 0.3 is 11.9 Å². The van der Waals surface area contributed by atoms with Gasteiger partial charge in [-0.2, -0.15) is 0 Å². The fourth-order valence-corrected chi connectivity index (χ4v) is 1.99. The van der Waals surface area contributed by atoms with Crippen molar-refractivity contribution in [1.29, 1.82) is 0 Å². The lowest BCUT2D eigenvalue weighted by molar-refractivity contribution is -0.144. The molecule has 2 N–H and O–H groups in total. The Morgan fingerprint density at radius 1 is 1.04 bits per heavy atom. The van der Waals surface area contributed by atoms with Crippen molar-refractivity contribution in [1.82, 2.24) is 5.32 Å². The van der Waals surface area contributed by atoms with Gasteiger partial charge in [0.15, 0.2) is 5.11 Å². The standard InChI is InChI=1S/C17H22N2O5S/c1-3-11-24-15(21)10-9-14(20)19-17(25)18-13-7-5-12(6-8-13)16(22)23-4-2/h5-8H,3-4,9-11H2,1-2H3,(H2,18,19,20,25).